The number of fused-ring (bicyclic) bond motifs is 5. The third-order valence-electron chi connectivity index (χ3n) is 10.4. The number of amides is 1. The molecule has 0 radical (unpaired) electrons. The fourth-order valence-electron chi connectivity index (χ4n) is 9.09. The fourth-order valence-corrected chi connectivity index (χ4v) is 9.09. The normalized spacial score (nSPS) is 50.7. The summed E-state index contributed by atoms with van der Waals surface area (Å²) < 4.78 is 0. The van der Waals surface area contributed by atoms with Crippen LogP contribution in [0.5, 0.6) is 0 Å². The number of piperidine rings is 1. The minimum absolute atomic E-state index is 0.355. The summed E-state index contributed by atoms with van der Waals surface area (Å²) >= 11 is 0. The van der Waals surface area contributed by atoms with Gasteiger partial charge in [-0.25, -0.2) is 0 Å². The molecule has 4 fully saturated rings. The lowest BCUT2D eigenvalue weighted by Gasteiger charge is -2.64. The van der Waals surface area contributed by atoms with Crippen LogP contribution in [0.15, 0.2) is 0 Å². The molecule has 1 aliphatic heterocycles. The molecule has 0 spiro atoms. The van der Waals surface area contributed by atoms with E-state index in [1.54, 1.807) is 0 Å². The highest BCUT2D eigenvalue weighted by molar-refractivity contribution is 5.77. The Labute approximate surface area is 167 Å². The second kappa shape index (κ2) is 6.77. The van der Waals surface area contributed by atoms with Gasteiger partial charge in [0.05, 0.1) is 0 Å². The van der Waals surface area contributed by atoms with Crippen LogP contribution in [-0.2, 0) is 4.79 Å². The van der Waals surface area contributed by atoms with Crippen molar-refractivity contribution in [2.75, 3.05) is 7.05 Å². The van der Waals surface area contributed by atoms with E-state index >= 15 is 0 Å². The van der Waals surface area contributed by atoms with E-state index in [-0.39, 0.29) is 0 Å². The summed E-state index contributed by atoms with van der Waals surface area (Å²) in [6.07, 6.45) is 11.7. The van der Waals surface area contributed by atoms with Crippen molar-refractivity contribution in [3.05, 3.63) is 0 Å². The van der Waals surface area contributed by atoms with Gasteiger partial charge in [-0.3, -0.25) is 4.79 Å². The second-order valence-corrected chi connectivity index (χ2v) is 11.5. The Morgan fingerprint density at radius 3 is 2.52 bits per heavy atom. The second-order valence-electron chi connectivity index (χ2n) is 11.5. The predicted octanol–water partition coefficient (Wildman–Crippen LogP) is 6.15. The number of rotatable bonds is 3. The number of carbonyl (C=O) groups is 1. The minimum Gasteiger partial charge on any atom is -0.342 e. The molecular formula is C25H43NO. The molecular weight excluding hydrogens is 330 g/mol. The number of hydrogen-bond acceptors (Lipinski definition) is 1. The molecule has 0 N–H and O–H groups in total. The Hall–Kier alpha value is -0.530. The van der Waals surface area contributed by atoms with Gasteiger partial charge in [-0.1, -0.05) is 47.5 Å². The monoisotopic (exact) mass is 373 g/mol. The smallest absolute Gasteiger partial charge is 0.222 e. The zero-order valence-electron chi connectivity index (χ0n) is 18.8. The van der Waals surface area contributed by atoms with E-state index in [1.165, 1.54) is 44.9 Å². The first kappa shape index (κ1) is 19.8. The van der Waals surface area contributed by atoms with Crippen LogP contribution in [0.3, 0.4) is 0 Å². The zero-order chi connectivity index (χ0) is 19.6. The van der Waals surface area contributed by atoms with Crippen LogP contribution < -0.4 is 0 Å². The van der Waals surface area contributed by atoms with Crippen LogP contribution in [-0.4, -0.2) is 23.9 Å². The molecule has 1 saturated heterocycles. The number of hydrogen-bond donors (Lipinski definition) is 0. The highest BCUT2D eigenvalue weighted by atomic mass is 16.2. The molecule has 1 heterocycles. The van der Waals surface area contributed by atoms with Gasteiger partial charge in [0.1, 0.15) is 0 Å². The van der Waals surface area contributed by atoms with E-state index in [2.05, 4.69) is 46.6 Å². The largest absolute Gasteiger partial charge is 0.342 e. The Morgan fingerprint density at radius 2 is 1.81 bits per heavy atom. The number of nitrogens with zero attached hydrogens (tertiary/aromatic N) is 1. The maximum absolute atomic E-state index is 12.4. The molecule has 154 valence electrons. The van der Waals surface area contributed by atoms with Crippen molar-refractivity contribution >= 4 is 5.91 Å². The molecule has 0 aromatic heterocycles. The van der Waals surface area contributed by atoms with Gasteiger partial charge in [-0.05, 0) is 84.9 Å². The van der Waals surface area contributed by atoms with Gasteiger partial charge in [-0.15, -0.1) is 0 Å². The lowest BCUT2D eigenvalue weighted by Crippen LogP contribution is -2.63. The predicted molar refractivity (Wildman–Crippen MR) is 112 cm³/mol. The van der Waals surface area contributed by atoms with Gasteiger partial charge in [0.2, 0.25) is 5.91 Å². The fraction of sp³-hybridized carbons (Fsp3) is 0.960. The molecule has 2 heteroatoms. The van der Waals surface area contributed by atoms with E-state index in [4.69, 9.17) is 0 Å². The van der Waals surface area contributed by atoms with Crippen LogP contribution in [0, 0.1) is 46.3 Å². The molecule has 27 heavy (non-hydrogen) atoms. The summed E-state index contributed by atoms with van der Waals surface area (Å²) in [6, 6.07) is 0.482. The molecule has 3 saturated carbocycles. The molecule has 1 amide bonds. The van der Waals surface area contributed by atoms with E-state index in [0.717, 1.165) is 48.3 Å². The highest BCUT2D eigenvalue weighted by Gasteiger charge is 2.63. The Kier molecular flexibility index (Phi) is 4.96. The average Bonchev–Trinajstić information content (AvgIpc) is 2.98. The van der Waals surface area contributed by atoms with Crippen molar-refractivity contribution in [2.45, 2.75) is 98.4 Å². The summed E-state index contributed by atoms with van der Waals surface area (Å²) in [7, 11) is 2.09. The van der Waals surface area contributed by atoms with Crippen molar-refractivity contribution in [1.82, 2.24) is 4.90 Å². The Bertz CT molecular complexity index is 587. The highest BCUT2D eigenvalue weighted by Crippen LogP contribution is 2.68. The molecule has 0 bridgehead atoms. The lowest BCUT2D eigenvalue weighted by atomic mass is 9.44. The molecule has 1 unspecified atom stereocenters. The van der Waals surface area contributed by atoms with Crippen molar-refractivity contribution < 1.29 is 4.79 Å². The Balaban J connectivity index is 1.63. The van der Waals surface area contributed by atoms with E-state index in [1.807, 2.05) is 0 Å². The van der Waals surface area contributed by atoms with E-state index in [0.29, 0.717) is 22.8 Å². The van der Waals surface area contributed by atoms with Crippen LogP contribution >= 0.6 is 0 Å². The van der Waals surface area contributed by atoms with Crippen molar-refractivity contribution in [3.8, 4) is 0 Å². The van der Waals surface area contributed by atoms with E-state index in [9.17, 15) is 4.79 Å². The minimum atomic E-state index is 0.355. The Morgan fingerprint density at radius 1 is 1.11 bits per heavy atom. The molecule has 0 aromatic carbocycles. The van der Waals surface area contributed by atoms with Crippen molar-refractivity contribution in [2.24, 2.45) is 46.3 Å². The standard InChI is InChI=1S/C25H43NO/c1-7-8-16(2)18-9-10-19-23-17(3)15-21-25(5,14-12-22(27)26(21)6)20(23)11-13-24(18,19)4/h16-21,23H,7-15H2,1-6H3/t16?,17-,18+,19-,20-,21+,23-,24+,25+/m0/s1. The summed E-state index contributed by atoms with van der Waals surface area (Å²) in [5.41, 5.74) is 0.928. The van der Waals surface area contributed by atoms with Gasteiger partial charge in [0, 0.05) is 19.5 Å². The third-order valence-corrected chi connectivity index (χ3v) is 10.4. The number of carbonyl (C=O) groups excluding carboxylic acids is 1. The van der Waals surface area contributed by atoms with Crippen LogP contribution in [0.4, 0.5) is 0 Å². The topological polar surface area (TPSA) is 20.3 Å². The van der Waals surface area contributed by atoms with Gasteiger partial charge < -0.3 is 4.90 Å². The number of likely N-dealkylation sites (tertiary alicyclic amines) is 1. The van der Waals surface area contributed by atoms with Crippen LogP contribution in [0.2, 0.25) is 0 Å². The molecule has 4 aliphatic rings. The van der Waals surface area contributed by atoms with Gasteiger partial charge in [-0.2, -0.15) is 0 Å². The maximum Gasteiger partial charge on any atom is 0.222 e. The summed E-state index contributed by atoms with van der Waals surface area (Å²) in [5, 5.41) is 0. The first-order valence-electron chi connectivity index (χ1n) is 12.0. The van der Waals surface area contributed by atoms with Crippen molar-refractivity contribution in [3.63, 3.8) is 0 Å². The first-order chi connectivity index (χ1) is 12.7. The molecule has 3 aliphatic carbocycles. The van der Waals surface area contributed by atoms with Crippen molar-refractivity contribution in [1.29, 1.82) is 0 Å². The molecule has 0 aromatic rings. The zero-order valence-corrected chi connectivity index (χ0v) is 18.8. The summed E-state index contributed by atoms with van der Waals surface area (Å²) in [6.45, 7) is 12.7. The third kappa shape index (κ3) is 2.75. The van der Waals surface area contributed by atoms with E-state index < -0.39 is 0 Å². The summed E-state index contributed by atoms with van der Waals surface area (Å²) in [5.74, 6) is 5.64. The van der Waals surface area contributed by atoms with Crippen LogP contribution in [0.1, 0.15) is 92.4 Å². The van der Waals surface area contributed by atoms with Gasteiger partial charge in [0.15, 0.2) is 0 Å². The summed E-state index contributed by atoms with van der Waals surface area (Å²) in [4.78, 5) is 14.5. The lowest BCUT2D eigenvalue weighted by molar-refractivity contribution is -0.167. The molecule has 2 nitrogen and oxygen atoms in total. The van der Waals surface area contributed by atoms with Gasteiger partial charge >= 0.3 is 0 Å². The SMILES string of the molecule is CCCC(C)[C@H]1CC[C@H]2[C@@H]3[C@@H](C)C[C@H]4N(C)C(=O)CC[C@]4(C)[C@H]3CC[C@]12C. The maximum atomic E-state index is 12.4. The first-order valence-corrected chi connectivity index (χ1v) is 12.0. The molecule has 9 atom stereocenters. The quantitative estimate of drug-likeness (QED) is 0.581. The van der Waals surface area contributed by atoms with Crippen LogP contribution in [0.25, 0.3) is 0 Å². The average molecular weight is 374 g/mol. The van der Waals surface area contributed by atoms with Gasteiger partial charge in [0.25, 0.3) is 0 Å². The molecule has 4 rings (SSSR count).